The van der Waals surface area contributed by atoms with Crippen molar-refractivity contribution in [2.75, 3.05) is 20.1 Å². The molecule has 1 amide bonds. The number of rotatable bonds is 4. The van der Waals surface area contributed by atoms with Gasteiger partial charge in [-0.3, -0.25) is 19.5 Å². The minimum absolute atomic E-state index is 0.0635. The Labute approximate surface area is 191 Å². The summed E-state index contributed by atoms with van der Waals surface area (Å²) in [5.74, 6) is -4.11. The predicted molar refractivity (Wildman–Crippen MR) is 121 cm³/mol. The van der Waals surface area contributed by atoms with Gasteiger partial charge in [-0.2, -0.15) is 8.78 Å². The molecule has 0 fully saturated rings. The van der Waals surface area contributed by atoms with Crippen LogP contribution in [0.2, 0.25) is 0 Å². The number of aromatic nitrogens is 3. The van der Waals surface area contributed by atoms with E-state index in [1.54, 1.807) is 23.1 Å². The quantitative estimate of drug-likeness (QED) is 0.483. The van der Waals surface area contributed by atoms with Gasteiger partial charge in [0.25, 0.3) is 17.4 Å². The van der Waals surface area contributed by atoms with E-state index in [4.69, 9.17) is 0 Å². The molecule has 3 aromatic heterocycles. The number of benzene rings is 1. The molecule has 0 radical (unpaired) electrons. The maximum atomic E-state index is 15.0. The second-order valence-electron chi connectivity index (χ2n) is 8.19. The van der Waals surface area contributed by atoms with Gasteiger partial charge >= 0.3 is 0 Å². The van der Waals surface area contributed by atoms with Gasteiger partial charge in [-0.15, -0.1) is 0 Å². The van der Waals surface area contributed by atoms with Crippen LogP contribution in [0.25, 0.3) is 22.1 Å². The van der Waals surface area contributed by atoms with Crippen LogP contribution in [0.3, 0.4) is 0 Å². The molecule has 0 aliphatic carbocycles. The Morgan fingerprint density at radius 1 is 1.24 bits per heavy atom. The molecule has 7 nitrogen and oxygen atoms in total. The van der Waals surface area contributed by atoms with Crippen molar-refractivity contribution < 1.29 is 18.0 Å². The van der Waals surface area contributed by atoms with E-state index in [9.17, 15) is 14.0 Å². The summed E-state index contributed by atoms with van der Waals surface area (Å²) in [7, 11) is 1.47. The van der Waals surface area contributed by atoms with Crippen molar-refractivity contribution in [2.24, 2.45) is 0 Å². The van der Waals surface area contributed by atoms with Gasteiger partial charge in [-0.05, 0) is 29.8 Å². The zero-order valence-corrected chi connectivity index (χ0v) is 18.1. The topological polar surface area (TPSA) is 82.5 Å². The Balaban J connectivity index is 1.39. The lowest BCUT2D eigenvalue weighted by Crippen LogP contribution is -2.41. The molecule has 0 saturated heterocycles. The maximum Gasteiger partial charge on any atom is 0.286 e. The van der Waals surface area contributed by atoms with E-state index in [1.165, 1.54) is 48.1 Å². The minimum atomic E-state index is -3.12. The minimum Gasteiger partial charge on any atom is -0.354 e. The molecule has 1 aromatic carbocycles. The van der Waals surface area contributed by atoms with Crippen LogP contribution in [-0.2, 0) is 6.54 Å². The van der Waals surface area contributed by atoms with Crippen molar-refractivity contribution >= 4 is 28.0 Å². The monoisotopic (exact) mass is 467 g/mol. The molecule has 1 aliphatic rings. The average molecular weight is 467 g/mol. The van der Waals surface area contributed by atoms with Gasteiger partial charge in [0, 0.05) is 43.7 Å². The van der Waals surface area contributed by atoms with Crippen LogP contribution in [0.15, 0.2) is 59.7 Å². The average Bonchev–Trinajstić information content (AvgIpc) is 3.20. The molecule has 4 heterocycles. The van der Waals surface area contributed by atoms with Gasteiger partial charge in [-0.25, -0.2) is 4.39 Å². The summed E-state index contributed by atoms with van der Waals surface area (Å²) in [6.45, 7) is 0.0359. The van der Waals surface area contributed by atoms with E-state index < -0.39 is 23.8 Å². The van der Waals surface area contributed by atoms with E-state index >= 15 is 8.78 Å². The van der Waals surface area contributed by atoms with Crippen LogP contribution in [0.4, 0.5) is 13.2 Å². The molecule has 4 aromatic rings. The van der Waals surface area contributed by atoms with Crippen molar-refractivity contribution in [1.29, 1.82) is 0 Å². The molecular formula is C24H20F3N5O2. The molecule has 34 heavy (non-hydrogen) atoms. The fourth-order valence-electron chi connectivity index (χ4n) is 4.32. The lowest BCUT2D eigenvalue weighted by Gasteiger charge is -2.33. The molecule has 0 bridgehead atoms. The first-order chi connectivity index (χ1) is 16.3. The Bertz CT molecular complexity index is 1510. The molecule has 10 heteroatoms. The van der Waals surface area contributed by atoms with Gasteiger partial charge in [0.1, 0.15) is 11.2 Å². The number of carbonyl (C=O) groups excluding carboxylic acids is 1. The number of carbonyl (C=O) groups is 1. The van der Waals surface area contributed by atoms with Crippen molar-refractivity contribution in [3.63, 3.8) is 0 Å². The van der Waals surface area contributed by atoms with Gasteiger partial charge < -0.3 is 14.7 Å². The highest BCUT2D eigenvalue weighted by Crippen LogP contribution is 2.36. The summed E-state index contributed by atoms with van der Waals surface area (Å²) in [6.07, 6.45) is 4.23. The number of pyridine rings is 1. The highest BCUT2D eigenvalue weighted by atomic mass is 19.3. The fraction of sp³-hybridized carbons (Fsp3) is 0.208. The van der Waals surface area contributed by atoms with Crippen molar-refractivity contribution in [3.05, 3.63) is 87.9 Å². The third kappa shape index (κ3) is 3.75. The van der Waals surface area contributed by atoms with Gasteiger partial charge in [0.15, 0.2) is 5.82 Å². The largest absolute Gasteiger partial charge is 0.354 e. The highest BCUT2D eigenvalue weighted by Gasteiger charge is 2.40. The highest BCUT2D eigenvalue weighted by molar-refractivity contribution is 5.92. The van der Waals surface area contributed by atoms with E-state index in [0.29, 0.717) is 17.6 Å². The van der Waals surface area contributed by atoms with Gasteiger partial charge in [0.05, 0.1) is 17.6 Å². The summed E-state index contributed by atoms with van der Waals surface area (Å²) >= 11 is 0. The molecular weight excluding hydrogens is 447 g/mol. The molecule has 1 aliphatic heterocycles. The molecule has 5 rings (SSSR count). The van der Waals surface area contributed by atoms with Gasteiger partial charge in [-0.1, -0.05) is 18.2 Å². The molecule has 2 N–H and O–H groups in total. The number of hydrogen-bond donors (Lipinski definition) is 2. The smallest absolute Gasteiger partial charge is 0.286 e. The maximum absolute atomic E-state index is 15.0. The first kappa shape index (κ1) is 21.9. The number of nitrogens with one attached hydrogen (secondary N) is 2. The lowest BCUT2D eigenvalue weighted by molar-refractivity contribution is 0.0168. The number of hydrogen-bond acceptors (Lipinski definition) is 4. The molecule has 0 atom stereocenters. The van der Waals surface area contributed by atoms with E-state index in [1.807, 2.05) is 0 Å². The van der Waals surface area contributed by atoms with Crippen LogP contribution in [-0.4, -0.2) is 51.2 Å². The lowest BCUT2D eigenvalue weighted by atomic mass is 9.96. The molecule has 0 saturated carbocycles. The fourth-order valence-corrected chi connectivity index (χ4v) is 4.32. The number of fused-ring (bicyclic) bond motifs is 3. The SMILES string of the molecule is CNC(=O)c1ccc(C2=CCN(Cc3ccc4c(c3)[nH]c(=O)c3c(F)ccn34)CC2(F)F)cn1. The normalized spacial score (nSPS) is 16.1. The number of amides is 1. The number of alkyl halides is 2. The second kappa shape index (κ2) is 8.14. The van der Waals surface area contributed by atoms with Crippen LogP contribution < -0.4 is 10.9 Å². The summed E-state index contributed by atoms with van der Waals surface area (Å²) in [5, 5.41) is 2.44. The zero-order valence-electron chi connectivity index (χ0n) is 18.1. The first-order valence-corrected chi connectivity index (χ1v) is 10.6. The second-order valence-corrected chi connectivity index (χ2v) is 8.19. The third-order valence-corrected chi connectivity index (χ3v) is 5.93. The van der Waals surface area contributed by atoms with Crippen molar-refractivity contribution in [2.45, 2.75) is 12.5 Å². The van der Waals surface area contributed by atoms with Crippen LogP contribution >= 0.6 is 0 Å². The Hall–Kier alpha value is -3.92. The summed E-state index contributed by atoms with van der Waals surface area (Å²) in [4.78, 5) is 32.1. The Morgan fingerprint density at radius 3 is 2.76 bits per heavy atom. The van der Waals surface area contributed by atoms with Crippen LogP contribution in [0.1, 0.15) is 21.6 Å². The van der Waals surface area contributed by atoms with Crippen molar-refractivity contribution in [1.82, 2.24) is 24.6 Å². The number of H-pyrrole nitrogens is 1. The predicted octanol–water partition coefficient (Wildman–Crippen LogP) is 3.21. The molecule has 0 spiro atoms. The number of halogens is 3. The van der Waals surface area contributed by atoms with Crippen molar-refractivity contribution in [3.8, 4) is 0 Å². The third-order valence-electron chi connectivity index (χ3n) is 5.93. The first-order valence-electron chi connectivity index (χ1n) is 10.6. The van der Waals surface area contributed by atoms with E-state index in [-0.39, 0.29) is 34.8 Å². The number of aromatic amines is 1. The zero-order chi connectivity index (χ0) is 24.0. The molecule has 174 valence electrons. The molecule has 0 unspecified atom stereocenters. The standard InChI is InChI=1S/C24H20F3N5O2/c1-28-22(33)18-4-3-15(11-29-18)16-6-8-31(13-24(16,26)27)12-14-2-5-20-19(10-14)30-23(34)21-17(25)7-9-32(20)21/h2-7,9-11H,8,12-13H2,1H3,(H,28,33)(H,30,34). The Kier molecular flexibility index (Phi) is 5.24. The number of nitrogens with zero attached hydrogens (tertiary/aromatic N) is 3. The summed E-state index contributed by atoms with van der Waals surface area (Å²) in [6, 6.07) is 9.33. The van der Waals surface area contributed by atoms with E-state index in [2.05, 4.69) is 15.3 Å². The Morgan fingerprint density at radius 2 is 2.06 bits per heavy atom. The summed E-state index contributed by atoms with van der Waals surface area (Å²) < 4.78 is 45.4. The van der Waals surface area contributed by atoms with Crippen LogP contribution in [0, 0.1) is 5.82 Å². The van der Waals surface area contributed by atoms with Crippen LogP contribution in [0.5, 0.6) is 0 Å². The van der Waals surface area contributed by atoms with Gasteiger partial charge in [0.2, 0.25) is 0 Å². The van der Waals surface area contributed by atoms with E-state index in [0.717, 1.165) is 5.56 Å². The summed E-state index contributed by atoms with van der Waals surface area (Å²) in [5.41, 5.74) is 1.52.